The molecule has 0 bridgehead atoms. The van der Waals surface area contributed by atoms with Crippen molar-refractivity contribution in [3.63, 3.8) is 0 Å². The molecule has 0 saturated heterocycles. The molecule has 140 valence electrons. The van der Waals surface area contributed by atoms with Crippen molar-refractivity contribution in [1.29, 1.82) is 0 Å². The van der Waals surface area contributed by atoms with Gasteiger partial charge in [-0.1, -0.05) is 18.2 Å². The first kappa shape index (κ1) is 18.6. The predicted octanol–water partition coefficient (Wildman–Crippen LogP) is 2.57. The zero-order valence-electron chi connectivity index (χ0n) is 15.3. The fourth-order valence-electron chi connectivity index (χ4n) is 2.56. The number of hydrogen-bond acceptors (Lipinski definition) is 5. The topological polar surface area (TPSA) is 86.0 Å². The van der Waals surface area contributed by atoms with E-state index in [1.807, 2.05) is 32.3 Å². The first-order chi connectivity index (χ1) is 13.0. The average Bonchev–Trinajstić information content (AvgIpc) is 3.22. The van der Waals surface area contributed by atoms with Gasteiger partial charge in [-0.05, 0) is 30.8 Å². The van der Waals surface area contributed by atoms with E-state index in [1.54, 1.807) is 33.9 Å². The summed E-state index contributed by atoms with van der Waals surface area (Å²) < 4.78 is 8.32. The molecular formula is C18H20N6O2S. The van der Waals surface area contributed by atoms with Gasteiger partial charge in [-0.15, -0.1) is 0 Å². The molecule has 2 N–H and O–H groups in total. The van der Waals surface area contributed by atoms with Crippen LogP contribution in [0.15, 0.2) is 42.9 Å². The van der Waals surface area contributed by atoms with Crippen molar-refractivity contribution in [3.05, 3.63) is 59.7 Å². The first-order valence-corrected chi connectivity index (χ1v) is 8.64. The van der Waals surface area contributed by atoms with Gasteiger partial charge >= 0.3 is 5.97 Å². The smallest absolute Gasteiger partial charge is 0.338 e. The summed E-state index contributed by atoms with van der Waals surface area (Å²) in [6.45, 7) is 2.39. The summed E-state index contributed by atoms with van der Waals surface area (Å²) in [5.74, 6) is -0.367. The molecule has 0 aliphatic rings. The van der Waals surface area contributed by atoms with E-state index in [1.165, 1.54) is 7.11 Å². The van der Waals surface area contributed by atoms with Crippen molar-refractivity contribution in [3.8, 4) is 0 Å². The van der Waals surface area contributed by atoms with E-state index in [2.05, 4.69) is 20.8 Å². The van der Waals surface area contributed by atoms with Crippen molar-refractivity contribution >= 4 is 34.7 Å². The third-order valence-corrected chi connectivity index (χ3v) is 4.33. The number of benzene rings is 1. The molecule has 0 unspecified atom stereocenters. The Morgan fingerprint density at radius 2 is 2.00 bits per heavy atom. The largest absolute Gasteiger partial charge is 0.465 e. The second-order valence-corrected chi connectivity index (χ2v) is 6.33. The number of aryl methyl sites for hydroxylation is 1. The minimum absolute atomic E-state index is 0.367. The second kappa shape index (κ2) is 8.00. The summed E-state index contributed by atoms with van der Waals surface area (Å²) in [5.41, 5.74) is 3.91. The Labute approximate surface area is 162 Å². The average molecular weight is 384 g/mol. The van der Waals surface area contributed by atoms with Crippen LogP contribution in [0.4, 0.5) is 11.4 Å². The standard InChI is InChI=1S/C18H20N6O2S/c1-12-16(9-19-23(12)2)22-18(27)21-14-8-20-24(11-14)10-13-6-4-5-7-15(13)17(25)26-3/h4-9,11H,10H2,1-3H3,(H2,21,22,27). The van der Waals surface area contributed by atoms with Gasteiger partial charge in [0.2, 0.25) is 0 Å². The first-order valence-electron chi connectivity index (χ1n) is 8.23. The van der Waals surface area contributed by atoms with E-state index in [-0.39, 0.29) is 5.97 Å². The number of nitrogens with one attached hydrogen (secondary N) is 2. The summed E-state index contributed by atoms with van der Waals surface area (Å²) in [6.07, 6.45) is 5.21. The predicted molar refractivity (Wildman–Crippen MR) is 107 cm³/mol. The van der Waals surface area contributed by atoms with Crippen LogP contribution in [0.3, 0.4) is 0 Å². The van der Waals surface area contributed by atoms with E-state index in [4.69, 9.17) is 17.0 Å². The summed E-state index contributed by atoms with van der Waals surface area (Å²) in [6, 6.07) is 7.29. The third-order valence-electron chi connectivity index (χ3n) is 4.13. The van der Waals surface area contributed by atoms with Gasteiger partial charge in [0.05, 0.1) is 48.7 Å². The molecule has 0 aliphatic carbocycles. The van der Waals surface area contributed by atoms with Crippen LogP contribution in [0.25, 0.3) is 0 Å². The molecule has 1 aromatic carbocycles. The number of aromatic nitrogens is 4. The van der Waals surface area contributed by atoms with E-state index < -0.39 is 0 Å². The molecule has 0 saturated carbocycles. The molecule has 3 aromatic rings. The molecule has 0 radical (unpaired) electrons. The minimum atomic E-state index is -0.367. The van der Waals surface area contributed by atoms with E-state index in [0.29, 0.717) is 17.2 Å². The number of nitrogens with zero attached hydrogens (tertiary/aromatic N) is 4. The van der Waals surface area contributed by atoms with Crippen molar-refractivity contribution in [1.82, 2.24) is 19.6 Å². The Hall–Kier alpha value is -3.20. The van der Waals surface area contributed by atoms with Gasteiger partial charge in [0.25, 0.3) is 0 Å². The molecule has 0 amide bonds. The normalized spacial score (nSPS) is 10.5. The number of ether oxygens (including phenoxy) is 1. The molecule has 2 aromatic heterocycles. The number of carbonyl (C=O) groups is 1. The second-order valence-electron chi connectivity index (χ2n) is 5.92. The fourth-order valence-corrected chi connectivity index (χ4v) is 2.79. The molecule has 0 fully saturated rings. The molecule has 8 nitrogen and oxygen atoms in total. The SMILES string of the molecule is COC(=O)c1ccccc1Cn1cc(NC(=S)Nc2cnn(C)c2C)cn1. The van der Waals surface area contributed by atoms with Gasteiger partial charge in [-0.2, -0.15) is 10.2 Å². The highest BCUT2D eigenvalue weighted by molar-refractivity contribution is 7.80. The maximum absolute atomic E-state index is 11.9. The number of carbonyl (C=O) groups excluding carboxylic acids is 1. The van der Waals surface area contributed by atoms with Crippen molar-refractivity contribution in [2.75, 3.05) is 17.7 Å². The van der Waals surface area contributed by atoms with Crippen LogP contribution in [-0.2, 0) is 18.3 Å². The van der Waals surface area contributed by atoms with Gasteiger partial charge < -0.3 is 15.4 Å². The number of methoxy groups -OCH3 is 1. The summed E-state index contributed by atoms with van der Waals surface area (Å²) >= 11 is 5.34. The summed E-state index contributed by atoms with van der Waals surface area (Å²) in [5, 5.41) is 15.1. The van der Waals surface area contributed by atoms with Crippen LogP contribution in [0.2, 0.25) is 0 Å². The van der Waals surface area contributed by atoms with E-state index in [0.717, 1.165) is 22.6 Å². The number of esters is 1. The van der Waals surface area contributed by atoms with E-state index in [9.17, 15) is 4.79 Å². The van der Waals surface area contributed by atoms with Crippen LogP contribution in [0.5, 0.6) is 0 Å². The summed E-state index contributed by atoms with van der Waals surface area (Å²) in [4.78, 5) is 11.9. The minimum Gasteiger partial charge on any atom is -0.465 e. The maximum atomic E-state index is 11.9. The van der Waals surface area contributed by atoms with Gasteiger partial charge in [-0.3, -0.25) is 9.36 Å². The Morgan fingerprint density at radius 1 is 1.22 bits per heavy atom. The summed E-state index contributed by atoms with van der Waals surface area (Å²) in [7, 11) is 3.24. The molecule has 9 heteroatoms. The van der Waals surface area contributed by atoms with Crippen LogP contribution in [-0.4, -0.2) is 37.8 Å². The Morgan fingerprint density at radius 3 is 2.70 bits per heavy atom. The van der Waals surface area contributed by atoms with E-state index >= 15 is 0 Å². The lowest BCUT2D eigenvalue weighted by atomic mass is 10.1. The molecule has 2 heterocycles. The lowest BCUT2D eigenvalue weighted by Gasteiger charge is -2.09. The Bertz CT molecular complexity index is 978. The number of thiocarbonyl (C=S) groups is 1. The Kier molecular flexibility index (Phi) is 5.51. The highest BCUT2D eigenvalue weighted by atomic mass is 32.1. The highest BCUT2D eigenvalue weighted by Gasteiger charge is 2.12. The maximum Gasteiger partial charge on any atom is 0.338 e. The van der Waals surface area contributed by atoms with Crippen LogP contribution < -0.4 is 10.6 Å². The number of rotatable bonds is 5. The lowest BCUT2D eigenvalue weighted by Crippen LogP contribution is -2.19. The van der Waals surface area contributed by atoms with Gasteiger partial charge in [0.1, 0.15) is 0 Å². The molecule has 3 rings (SSSR count). The molecular weight excluding hydrogens is 364 g/mol. The van der Waals surface area contributed by atoms with Gasteiger partial charge in [-0.25, -0.2) is 4.79 Å². The molecule has 0 atom stereocenters. The van der Waals surface area contributed by atoms with Crippen LogP contribution in [0, 0.1) is 6.92 Å². The third kappa shape index (κ3) is 4.32. The zero-order chi connectivity index (χ0) is 19.4. The quantitative estimate of drug-likeness (QED) is 0.516. The Balaban J connectivity index is 1.66. The van der Waals surface area contributed by atoms with Crippen molar-refractivity contribution in [2.45, 2.75) is 13.5 Å². The number of hydrogen-bond donors (Lipinski definition) is 2. The van der Waals surface area contributed by atoms with Crippen LogP contribution >= 0.6 is 12.2 Å². The molecule has 0 spiro atoms. The lowest BCUT2D eigenvalue weighted by molar-refractivity contribution is 0.0599. The molecule has 27 heavy (non-hydrogen) atoms. The zero-order valence-corrected chi connectivity index (χ0v) is 16.1. The molecule has 0 aliphatic heterocycles. The van der Waals surface area contributed by atoms with Crippen molar-refractivity contribution in [2.24, 2.45) is 7.05 Å². The fraction of sp³-hybridized carbons (Fsp3) is 0.222. The number of anilines is 2. The van der Waals surface area contributed by atoms with Gasteiger partial charge in [0.15, 0.2) is 5.11 Å². The van der Waals surface area contributed by atoms with Crippen molar-refractivity contribution < 1.29 is 9.53 Å². The highest BCUT2D eigenvalue weighted by Crippen LogP contribution is 2.15. The van der Waals surface area contributed by atoms with Gasteiger partial charge in [0, 0.05) is 13.2 Å². The van der Waals surface area contributed by atoms with Crippen LogP contribution in [0.1, 0.15) is 21.6 Å². The monoisotopic (exact) mass is 384 g/mol.